The van der Waals surface area contributed by atoms with Gasteiger partial charge in [0.25, 0.3) is 0 Å². The van der Waals surface area contributed by atoms with Gasteiger partial charge in [-0.1, -0.05) is 31.4 Å². The first-order valence-electron chi connectivity index (χ1n) is 10.6. The zero-order valence-electron chi connectivity index (χ0n) is 16.4. The molecule has 5 heteroatoms. The summed E-state index contributed by atoms with van der Waals surface area (Å²) in [7, 11) is 1.87. The second-order valence-electron chi connectivity index (χ2n) is 8.43. The first kappa shape index (κ1) is 18.3. The third-order valence-corrected chi connectivity index (χ3v) is 6.61. The van der Waals surface area contributed by atoms with E-state index in [4.69, 9.17) is 0 Å². The monoisotopic (exact) mass is 368 g/mol. The first-order chi connectivity index (χ1) is 13.2. The molecule has 1 aromatic carbocycles. The van der Waals surface area contributed by atoms with Crippen LogP contribution in [-0.2, 0) is 11.3 Å². The number of likely N-dealkylation sites (tertiary alicyclic amines) is 1. The number of rotatable bonds is 4. The van der Waals surface area contributed by atoms with E-state index in [2.05, 4.69) is 32.7 Å². The van der Waals surface area contributed by atoms with Crippen molar-refractivity contribution in [2.45, 2.75) is 51.5 Å². The Hall–Kier alpha value is -2.04. The molecule has 2 N–H and O–H groups in total. The molecule has 1 aliphatic heterocycles. The average molecular weight is 369 g/mol. The van der Waals surface area contributed by atoms with Crippen molar-refractivity contribution in [1.29, 1.82) is 0 Å². The number of hydrogen-bond acceptors (Lipinski definition) is 2. The van der Waals surface area contributed by atoms with Crippen LogP contribution in [0.15, 0.2) is 29.3 Å². The van der Waals surface area contributed by atoms with Crippen LogP contribution >= 0.6 is 0 Å². The molecule has 0 bridgehead atoms. The number of amides is 1. The lowest BCUT2D eigenvalue weighted by atomic mass is 9.82. The van der Waals surface area contributed by atoms with Crippen molar-refractivity contribution in [3.63, 3.8) is 0 Å². The molecule has 2 unspecified atom stereocenters. The standard InChI is InChI=1S/C22H32N4O/c1-23-22(26-14-18-7-2-3-8-19(18)15-26)24-13-16-6-4-11-20(12-16)25-21(27)17-9-5-10-17/h4,6,11-12,17-19H,2-3,5,7-10,13-15H2,1H3,(H,23,24)(H,25,27). The Kier molecular flexibility index (Phi) is 5.65. The minimum absolute atomic E-state index is 0.168. The molecule has 2 aliphatic carbocycles. The van der Waals surface area contributed by atoms with Crippen LogP contribution in [0, 0.1) is 17.8 Å². The fourth-order valence-electron chi connectivity index (χ4n) is 4.77. The number of benzene rings is 1. The third kappa shape index (κ3) is 4.28. The number of nitrogens with one attached hydrogen (secondary N) is 2. The van der Waals surface area contributed by atoms with Crippen LogP contribution < -0.4 is 10.6 Å². The number of anilines is 1. The second-order valence-corrected chi connectivity index (χ2v) is 8.43. The van der Waals surface area contributed by atoms with Crippen molar-refractivity contribution in [3.05, 3.63) is 29.8 Å². The molecular weight excluding hydrogens is 336 g/mol. The van der Waals surface area contributed by atoms with E-state index in [1.165, 1.54) is 37.7 Å². The number of carbonyl (C=O) groups is 1. The maximum atomic E-state index is 12.2. The van der Waals surface area contributed by atoms with Crippen molar-refractivity contribution in [3.8, 4) is 0 Å². The van der Waals surface area contributed by atoms with Gasteiger partial charge in [0.05, 0.1) is 0 Å². The summed E-state index contributed by atoms with van der Waals surface area (Å²) < 4.78 is 0. The van der Waals surface area contributed by atoms with E-state index < -0.39 is 0 Å². The van der Waals surface area contributed by atoms with Gasteiger partial charge < -0.3 is 15.5 Å². The predicted molar refractivity (Wildman–Crippen MR) is 110 cm³/mol. The number of fused-ring (bicyclic) bond motifs is 1. The lowest BCUT2D eigenvalue weighted by Crippen LogP contribution is -2.39. The van der Waals surface area contributed by atoms with Crippen LogP contribution in [0.25, 0.3) is 0 Å². The minimum Gasteiger partial charge on any atom is -0.352 e. The van der Waals surface area contributed by atoms with E-state index in [1.807, 2.05) is 19.2 Å². The van der Waals surface area contributed by atoms with Crippen molar-refractivity contribution >= 4 is 17.6 Å². The quantitative estimate of drug-likeness (QED) is 0.630. The number of hydrogen-bond donors (Lipinski definition) is 2. The number of nitrogens with zero attached hydrogens (tertiary/aromatic N) is 2. The molecule has 3 fully saturated rings. The summed E-state index contributed by atoms with van der Waals surface area (Å²) in [5, 5.41) is 6.59. The molecule has 0 radical (unpaired) electrons. The highest BCUT2D eigenvalue weighted by atomic mass is 16.1. The average Bonchev–Trinajstić information content (AvgIpc) is 3.05. The molecule has 146 valence electrons. The van der Waals surface area contributed by atoms with E-state index in [-0.39, 0.29) is 11.8 Å². The lowest BCUT2D eigenvalue weighted by Gasteiger charge is -2.24. The molecule has 3 aliphatic rings. The molecule has 1 amide bonds. The molecule has 5 nitrogen and oxygen atoms in total. The third-order valence-electron chi connectivity index (χ3n) is 6.61. The van der Waals surface area contributed by atoms with Gasteiger partial charge in [-0.2, -0.15) is 0 Å². The SMILES string of the molecule is CN=C(NCc1cccc(NC(=O)C2CCC2)c1)N1CC2CCCCC2C1. The molecule has 1 heterocycles. The summed E-state index contributed by atoms with van der Waals surface area (Å²) in [6.45, 7) is 3.01. The van der Waals surface area contributed by atoms with Crippen LogP contribution in [0.5, 0.6) is 0 Å². The van der Waals surface area contributed by atoms with Gasteiger partial charge in [0.15, 0.2) is 5.96 Å². The molecule has 4 rings (SSSR count). The number of carbonyl (C=O) groups excluding carboxylic acids is 1. The Bertz CT molecular complexity index is 683. The first-order valence-corrected chi connectivity index (χ1v) is 10.6. The van der Waals surface area contributed by atoms with Gasteiger partial charge in [-0.25, -0.2) is 0 Å². The fraction of sp³-hybridized carbons (Fsp3) is 0.636. The molecule has 27 heavy (non-hydrogen) atoms. The Morgan fingerprint density at radius 3 is 2.48 bits per heavy atom. The van der Waals surface area contributed by atoms with E-state index in [9.17, 15) is 4.79 Å². The summed E-state index contributed by atoms with van der Waals surface area (Å²) in [4.78, 5) is 19.1. The van der Waals surface area contributed by atoms with E-state index >= 15 is 0 Å². The van der Waals surface area contributed by atoms with Gasteiger partial charge in [-0.15, -0.1) is 0 Å². The zero-order chi connectivity index (χ0) is 18.6. The summed E-state index contributed by atoms with van der Waals surface area (Å²) in [5.74, 6) is 3.09. The topological polar surface area (TPSA) is 56.7 Å². The summed E-state index contributed by atoms with van der Waals surface area (Å²) in [6.07, 6.45) is 8.77. The van der Waals surface area contributed by atoms with E-state index in [0.29, 0.717) is 0 Å². The second kappa shape index (κ2) is 8.32. The molecule has 0 aromatic heterocycles. The van der Waals surface area contributed by atoms with Crippen LogP contribution in [0.2, 0.25) is 0 Å². The molecule has 1 saturated heterocycles. The van der Waals surface area contributed by atoms with Gasteiger partial charge in [-0.05, 0) is 55.2 Å². The van der Waals surface area contributed by atoms with Gasteiger partial charge >= 0.3 is 0 Å². The Morgan fingerprint density at radius 1 is 1.11 bits per heavy atom. The number of aliphatic imine (C=N–C) groups is 1. The van der Waals surface area contributed by atoms with Crippen molar-refractivity contribution < 1.29 is 4.79 Å². The van der Waals surface area contributed by atoms with Crippen molar-refractivity contribution in [2.24, 2.45) is 22.7 Å². The van der Waals surface area contributed by atoms with Crippen LogP contribution in [0.3, 0.4) is 0 Å². The normalized spacial score (nSPS) is 25.7. The minimum atomic E-state index is 0.168. The van der Waals surface area contributed by atoms with Gasteiger partial charge in [-0.3, -0.25) is 9.79 Å². The Morgan fingerprint density at radius 2 is 1.85 bits per heavy atom. The molecule has 0 spiro atoms. The van der Waals surface area contributed by atoms with Gasteiger partial charge in [0.1, 0.15) is 0 Å². The summed E-state index contributed by atoms with van der Waals surface area (Å²) in [6, 6.07) is 8.16. The zero-order valence-corrected chi connectivity index (χ0v) is 16.4. The number of guanidine groups is 1. The summed E-state index contributed by atoms with van der Waals surface area (Å²) in [5.41, 5.74) is 2.06. The molecular formula is C22H32N4O. The smallest absolute Gasteiger partial charge is 0.227 e. The Labute approximate surface area is 162 Å². The highest BCUT2D eigenvalue weighted by Crippen LogP contribution is 2.36. The molecule has 2 atom stereocenters. The maximum absolute atomic E-state index is 12.2. The maximum Gasteiger partial charge on any atom is 0.227 e. The largest absolute Gasteiger partial charge is 0.352 e. The van der Waals surface area contributed by atoms with E-state index in [0.717, 1.165) is 56.0 Å². The van der Waals surface area contributed by atoms with Crippen LogP contribution in [0.1, 0.15) is 50.5 Å². The summed E-state index contributed by atoms with van der Waals surface area (Å²) >= 11 is 0. The highest BCUT2D eigenvalue weighted by molar-refractivity contribution is 5.93. The molecule has 2 saturated carbocycles. The van der Waals surface area contributed by atoms with Crippen molar-refractivity contribution in [1.82, 2.24) is 10.2 Å². The lowest BCUT2D eigenvalue weighted by molar-refractivity contribution is -0.122. The van der Waals surface area contributed by atoms with E-state index in [1.54, 1.807) is 0 Å². The Balaban J connectivity index is 1.32. The van der Waals surface area contributed by atoms with Crippen molar-refractivity contribution in [2.75, 3.05) is 25.5 Å². The van der Waals surface area contributed by atoms with Gasteiger partial charge in [0, 0.05) is 38.3 Å². The predicted octanol–water partition coefficient (Wildman–Crippen LogP) is 3.62. The highest BCUT2D eigenvalue weighted by Gasteiger charge is 2.35. The van der Waals surface area contributed by atoms with Crippen LogP contribution in [-0.4, -0.2) is 36.9 Å². The van der Waals surface area contributed by atoms with Gasteiger partial charge in [0.2, 0.25) is 5.91 Å². The molecule has 1 aromatic rings. The van der Waals surface area contributed by atoms with Crippen LogP contribution in [0.4, 0.5) is 5.69 Å². The fourth-order valence-corrected chi connectivity index (χ4v) is 4.77.